The van der Waals surface area contributed by atoms with Gasteiger partial charge in [0.1, 0.15) is 10.6 Å². The van der Waals surface area contributed by atoms with Gasteiger partial charge in [-0.25, -0.2) is 18.4 Å². The Morgan fingerprint density at radius 1 is 1.07 bits per heavy atom. The zero-order valence-corrected chi connectivity index (χ0v) is 15.2. The van der Waals surface area contributed by atoms with Gasteiger partial charge in [-0.1, -0.05) is 24.3 Å². The Morgan fingerprint density at radius 3 is 2.74 bits per heavy atom. The Hall–Kier alpha value is -3.39. The van der Waals surface area contributed by atoms with E-state index in [-0.39, 0.29) is 10.6 Å². The Balaban J connectivity index is 1.68. The van der Waals surface area contributed by atoms with E-state index < -0.39 is 10.0 Å². The highest BCUT2D eigenvalue weighted by atomic mass is 32.2. The summed E-state index contributed by atoms with van der Waals surface area (Å²) >= 11 is 0. The van der Waals surface area contributed by atoms with Crippen LogP contribution in [0.5, 0.6) is 5.75 Å². The lowest BCUT2D eigenvalue weighted by atomic mass is 10.1. The third-order valence-corrected chi connectivity index (χ3v) is 5.43. The summed E-state index contributed by atoms with van der Waals surface area (Å²) in [5, 5.41) is 0. The second-order valence-electron chi connectivity index (χ2n) is 5.79. The van der Waals surface area contributed by atoms with E-state index in [0.717, 1.165) is 5.56 Å². The van der Waals surface area contributed by atoms with E-state index in [9.17, 15) is 8.42 Å². The van der Waals surface area contributed by atoms with Crippen molar-refractivity contribution in [2.45, 2.75) is 4.90 Å². The minimum Gasteiger partial charge on any atom is -0.495 e. The number of nitrogens with one attached hydrogen (secondary N) is 1. The molecule has 0 radical (unpaired) electrons. The quantitative estimate of drug-likeness (QED) is 0.575. The van der Waals surface area contributed by atoms with Gasteiger partial charge in [0.15, 0.2) is 0 Å². The van der Waals surface area contributed by atoms with E-state index in [2.05, 4.69) is 14.7 Å². The molecule has 0 aliphatic carbocycles. The van der Waals surface area contributed by atoms with Gasteiger partial charge in [-0.15, -0.1) is 0 Å². The van der Waals surface area contributed by atoms with Gasteiger partial charge < -0.3 is 4.74 Å². The van der Waals surface area contributed by atoms with E-state index in [0.29, 0.717) is 17.2 Å². The van der Waals surface area contributed by atoms with Crippen molar-refractivity contribution in [1.29, 1.82) is 0 Å². The van der Waals surface area contributed by atoms with Gasteiger partial charge >= 0.3 is 0 Å². The Bertz CT molecular complexity index is 1190. The Labute approximate surface area is 156 Å². The number of hydrogen-bond donors (Lipinski definition) is 1. The molecule has 0 bridgehead atoms. The van der Waals surface area contributed by atoms with Crippen molar-refractivity contribution >= 4 is 21.5 Å². The maximum atomic E-state index is 12.7. The van der Waals surface area contributed by atoms with Crippen LogP contribution in [0.25, 0.3) is 17.0 Å². The molecule has 8 heteroatoms. The van der Waals surface area contributed by atoms with Crippen LogP contribution < -0.4 is 9.46 Å². The third-order valence-electron chi connectivity index (χ3n) is 4.00. The lowest BCUT2D eigenvalue weighted by Gasteiger charge is -2.11. The highest BCUT2D eigenvalue weighted by Gasteiger charge is 2.19. The van der Waals surface area contributed by atoms with E-state index in [4.69, 9.17) is 4.74 Å². The van der Waals surface area contributed by atoms with Crippen LogP contribution in [0.15, 0.2) is 78.1 Å². The van der Waals surface area contributed by atoms with Gasteiger partial charge in [0.2, 0.25) is 5.78 Å². The fourth-order valence-corrected chi connectivity index (χ4v) is 3.98. The van der Waals surface area contributed by atoms with Gasteiger partial charge in [0.25, 0.3) is 10.0 Å². The molecular formula is C19H16N4O3S. The van der Waals surface area contributed by atoms with Crippen molar-refractivity contribution in [3.63, 3.8) is 0 Å². The molecule has 2 aromatic carbocycles. The molecule has 0 spiro atoms. The van der Waals surface area contributed by atoms with Crippen LogP contribution in [0.4, 0.5) is 5.69 Å². The minimum absolute atomic E-state index is 0.0785. The maximum absolute atomic E-state index is 12.7. The molecule has 0 aliphatic rings. The average molecular weight is 380 g/mol. The average Bonchev–Trinajstić information content (AvgIpc) is 3.12. The SMILES string of the molecule is COc1ccccc1S(=O)(=O)Nc1cccc(-c2cn3cccnc3n2)c1. The molecular weight excluding hydrogens is 364 g/mol. The highest BCUT2D eigenvalue weighted by molar-refractivity contribution is 7.92. The molecule has 0 saturated heterocycles. The number of aromatic nitrogens is 3. The van der Waals surface area contributed by atoms with Gasteiger partial charge in [0.05, 0.1) is 12.8 Å². The molecule has 7 nitrogen and oxygen atoms in total. The summed E-state index contributed by atoms with van der Waals surface area (Å²) in [5.41, 5.74) is 1.91. The standard InChI is InChI=1S/C19H16N4O3S/c1-26-17-8-2-3-9-18(17)27(24,25)22-15-7-4-6-14(12-15)16-13-23-11-5-10-20-19(23)21-16/h2-13,22H,1H3. The molecule has 27 heavy (non-hydrogen) atoms. The van der Waals surface area contributed by atoms with Gasteiger partial charge in [0, 0.05) is 29.8 Å². The second kappa shape index (κ2) is 6.73. The van der Waals surface area contributed by atoms with Gasteiger partial charge in [-0.05, 0) is 30.3 Å². The van der Waals surface area contributed by atoms with Crippen molar-refractivity contribution < 1.29 is 13.2 Å². The van der Waals surface area contributed by atoms with E-state index in [1.165, 1.54) is 13.2 Å². The molecule has 2 aromatic heterocycles. The first-order chi connectivity index (χ1) is 13.1. The first-order valence-electron chi connectivity index (χ1n) is 8.13. The van der Waals surface area contributed by atoms with E-state index in [1.54, 1.807) is 47.0 Å². The van der Waals surface area contributed by atoms with Crippen LogP contribution in [0.1, 0.15) is 0 Å². The fourth-order valence-electron chi connectivity index (χ4n) is 2.76. The number of benzene rings is 2. The third kappa shape index (κ3) is 3.34. The summed E-state index contributed by atoms with van der Waals surface area (Å²) in [4.78, 5) is 8.73. The maximum Gasteiger partial charge on any atom is 0.265 e. The molecule has 2 heterocycles. The monoisotopic (exact) mass is 380 g/mol. The molecule has 4 aromatic rings. The number of hydrogen-bond acceptors (Lipinski definition) is 5. The van der Waals surface area contributed by atoms with Crippen molar-refractivity contribution in [3.8, 4) is 17.0 Å². The first-order valence-corrected chi connectivity index (χ1v) is 9.61. The van der Waals surface area contributed by atoms with Crippen LogP contribution in [-0.2, 0) is 10.0 Å². The van der Waals surface area contributed by atoms with Crippen LogP contribution in [0.3, 0.4) is 0 Å². The van der Waals surface area contributed by atoms with Crippen molar-refractivity contribution in [1.82, 2.24) is 14.4 Å². The smallest absolute Gasteiger partial charge is 0.265 e. The van der Waals surface area contributed by atoms with Crippen molar-refractivity contribution in [3.05, 3.63) is 73.2 Å². The minimum atomic E-state index is -3.79. The number of rotatable bonds is 5. The number of methoxy groups -OCH3 is 1. The summed E-state index contributed by atoms with van der Waals surface area (Å²) in [6.45, 7) is 0. The molecule has 1 N–H and O–H groups in total. The predicted octanol–water partition coefficient (Wildman–Crippen LogP) is 3.21. The second-order valence-corrected chi connectivity index (χ2v) is 7.44. The summed E-state index contributed by atoms with van der Waals surface area (Å²) in [6.07, 6.45) is 5.37. The largest absolute Gasteiger partial charge is 0.495 e. The number of para-hydroxylation sites is 1. The van der Waals surface area contributed by atoms with Crippen LogP contribution >= 0.6 is 0 Å². The van der Waals surface area contributed by atoms with E-state index in [1.807, 2.05) is 24.5 Å². The zero-order valence-electron chi connectivity index (χ0n) is 14.4. The molecule has 4 rings (SSSR count). The molecule has 0 fully saturated rings. The summed E-state index contributed by atoms with van der Waals surface area (Å²) in [6, 6.07) is 15.3. The summed E-state index contributed by atoms with van der Waals surface area (Å²) < 4.78 is 35.1. The fraction of sp³-hybridized carbons (Fsp3) is 0.0526. The van der Waals surface area contributed by atoms with E-state index >= 15 is 0 Å². The Morgan fingerprint density at radius 2 is 1.93 bits per heavy atom. The van der Waals surface area contributed by atoms with Crippen LogP contribution in [-0.4, -0.2) is 29.9 Å². The highest BCUT2D eigenvalue weighted by Crippen LogP contribution is 2.27. The molecule has 136 valence electrons. The van der Waals surface area contributed by atoms with Gasteiger partial charge in [-0.2, -0.15) is 0 Å². The molecule has 0 amide bonds. The number of ether oxygens (including phenoxy) is 1. The summed E-state index contributed by atoms with van der Waals surface area (Å²) in [7, 11) is -2.36. The number of imidazole rings is 1. The molecule has 0 aliphatic heterocycles. The molecule has 0 unspecified atom stereocenters. The number of sulfonamides is 1. The zero-order chi connectivity index (χ0) is 18.9. The number of fused-ring (bicyclic) bond motifs is 1. The van der Waals surface area contributed by atoms with Crippen LogP contribution in [0.2, 0.25) is 0 Å². The topological polar surface area (TPSA) is 85.6 Å². The number of nitrogens with zero attached hydrogens (tertiary/aromatic N) is 3. The molecule has 0 atom stereocenters. The van der Waals surface area contributed by atoms with Crippen molar-refractivity contribution in [2.24, 2.45) is 0 Å². The lowest BCUT2D eigenvalue weighted by molar-refractivity contribution is 0.403. The number of anilines is 1. The molecule has 0 saturated carbocycles. The lowest BCUT2D eigenvalue weighted by Crippen LogP contribution is -2.14. The van der Waals surface area contributed by atoms with Gasteiger partial charge in [-0.3, -0.25) is 9.12 Å². The predicted molar refractivity (Wildman–Crippen MR) is 102 cm³/mol. The Kier molecular flexibility index (Phi) is 4.25. The summed E-state index contributed by atoms with van der Waals surface area (Å²) in [5.74, 6) is 0.861. The first kappa shape index (κ1) is 17.0. The normalized spacial score (nSPS) is 11.4. The van der Waals surface area contributed by atoms with Crippen molar-refractivity contribution in [2.75, 3.05) is 11.8 Å². The van der Waals surface area contributed by atoms with Crippen LogP contribution in [0, 0.1) is 0 Å².